The second kappa shape index (κ2) is 9.75. The van der Waals surface area contributed by atoms with Crippen molar-refractivity contribution in [3.8, 4) is 23.0 Å². The highest BCUT2D eigenvalue weighted by atomic mass is 16.7. The molecule has 0 bridgehead atoms. The lowest BCUT2D eigenvalue weighted by atomic mass is 9.89. The number of carbonyl (C=O) groups excluding carboxylic acids is 2. The van der Waals surface area contributed by atoms with Gasteiger partial charge in [-0.05, 0) is 42.0 Å². The maximum absolute atomic E-state index is 13.4. The van der Waals surface area contributed by atoms with Crippen LogP contribution in [0.5, 0.6) is 23.0 Å². The van der Waals surface area contributed by atoms with Crippen molar-refractivity contribution in [3.63, 3.8) is 0 Å². The van der Waals surface area contributed by atoms with E-state index < -0.39 is 11.5 Å². The van der Waals surface area contributed by atoms with Crippen LogP contribution in [0.1, 0.15) is 17.5 Å². The summed E-state index contributed by atoms with van der Waals surface area (Å²) < 4.78 is 21.8. The number of amides is 1. The molecule has 2 aliphatic rings. The third-order valence-electron chi connectivity index (χ3n) is 6.17. The van der Waals surface area contributed by atoms with Crippen LogP contribution in [-0.4, -0.2) is 43.9 Å². The van der Waals surface area contributed by atoms with Gasteiger partial charge >= 0.3 is 0 Å². The van der Waals surface area contributed by atoms with Crippen molar-refractivity contribution in [1.29, 1.82) is 0 Å². The molecule has 1 N–H and O–H groups in total. The number of methoxy groups -OCH3 is 1. The van der Waals surface area contributed by atoms with Crippen LogP contribution in [0, 0.1) is 0 Å². The molecule has 0 saturated heterocycles. The first-order valence-electron chi connectivity index (χ1n) is 11.5. The number of hydrogen-bond donors (Lipinski definition) is 1. The molecule has 8 nitrogen and oxygen atoms in total. The van der Waals surface area contributed by atoms with Crippen molar-refractivity contribution in [1.82, 2.24) is 0 Å². The second-order valence-electron chi connectivity index (χ2n) is 8.42. The summed E-state index contributed by atoms with van der Waals surface area (Å²) in [6, 6.07) is 19.5. The summed E-state index contributed by atoms with van der Waals surface area (Å²) in [5, 5.41) is 11.4. The molecule has 1 atom stereocenters. The van der Waals surface area contributed by atoms with E-state index >= 15 is 0 Å². The van der Waals surface area contributed by atoms with Crippen LogP contribution in [0.3, 0.4) is 0 Å². The molecule has 2 heterocycles. The molecule has 2 aliphatic heterocycles. The van der Waals surface area contributed by atoms with Gasteiger partial charge < -0.3 is 29.0 Å². The summed E-state index contributed by atoms with van der Waals surface area (Å²) in [7, 11) is 1.56. The number of ketones is 1. The van der Waals surface area contributed by atoms with E-state index in [9.17, 15) is 14.7 Å². The minimum absolute atomic E-state index is 0.163. The Morgan fingerprint density at radius 1 is 1.06 bits per heavy atom. The summed E-state index contributed by atoms with van der Waals surface area (Å²) in [4.78, 5) is 27.7. The van der Waals surface area contributed by atoms with Gasteiger partial charge in [-0.1, -0.05) is 42.5 Å². The number of carbonyl (C=O) groups is 2. The summed E-state index contributed by atoms with van der Waals surface area (Å²) in [5.41, 5.74) is -0.261. The number of para-hydroxylation sites is 3. The third-order valence-corrected chi connectivity index (χ3v) is 6.17. The molecular weight excluding hydrogens is 462 g/mol. The van der Waals surface area contributed by atoms with E-state index in [2.05, 4.69) is 0 Å². The normalized spacial score (nSPS) is 17.9. The predicted molar refractivity (Wildman–Crippen MR) is 132 cm³/mol. The number of nitrogens with zero attached hydrogens (tertiary/aromatic N) is 1. The van der Waals surface area contributed by atoms with Crippen molar-refractivity contribution in [2.24, 2.45) is 0 Å². The number of benzene rings is 3. The lowest BCUT2D eigenvalue weighted by Gasteiger charge is -2.22. The number of anilines is 1. The highest BCUT2D eigenvalue weighted by Crippen LogP contribution is 2.42. The topological polar surface area (TPSA) is 94.5 Å². The van der Waals surface area contributed by atoms with Crippen LogP contribution in [0.15, 0.2) is 72.8 Å². The van der Waals surface area contributed by atoms with Crippen LogP contribution in [-0.2, 0) is 15.2 Å². The number of fused-ring (bicyclic) bond motifs is 2. The zero-order valence-electron chi connectivity index (χ0n) is 19.7. The molecule has 3 aromatic carbocycles. The Balaban J connectivity index is 1.29. The molecule has 0 aromatic heterocycles. The van der Waals surface area contributed by atoms with E-state index in [-0.39, 0.29) is 32.1 Å². The van der Waals surface area contributed by atoms with Crippen LogP contribution >= 0.6 is 0 Å². The number of allylic oxidation sites excluding steroid dienone is 1. The fourth-order valence-corrected chi connectivity index (χ4v) is 4.40. The highest BCUT2D eigenvalue weighted by molar-refractivity contribution is 6.10. The van der Waals surface area contributed by atoms with Gasteiger partial charge in [-0.25, -0.2) is 0 Å². The van der Waals surface area contributed by atoms with Gasteiger partial charge in [-0.3, -0.25) is 9.59 Å². The molecule has 0 aliphatic carbocycles. The molecule has 0 spiro atoms. The maximum atomic E-state index is 13.4. The molecular formula is C28H25NO7. The highest BCUT2D eigenvalue weighted by Gasteiger charge is 2.50. The van der Waals surface area contributed by atoms with Gasteiger partial charge in [0.1, 0.15) is 6.61 Å². The molecule has 184 valence electrons. The second-order valence-corrected chi connectivity index (χ2v) is 8.42. The minimum Gasteiger partial charge on any atom is -0.493 e. The van der Waals surface area contributed by atoms with Crippen molar-refractivity contribution in [3.05, 3.63) is 83.9 Å². The number of ether oxygens (including phenoxy) is 4. The zero-order chi connectivity index (χ0) is 25.1. The SMILES string of the molecule is COc1ccccc1OCCN1C(=O)[C@](O)(CC(=O)/C=C\c2ccc3c(c2)OCO3)c2ccccc21. The molecule has 8 heteroatoms. The molecule has 0 radical (unpaired) electrons. The quantitative estimate of drug-likeness (QED) is 0.460. The first-order chi connectivity index (χ1) is 17.5. The van der Waals surface area contributed by atoms with Gasteiger partial charge in [0.15, 0.2) is 34.4 Å². The Bertz CT molecular complexity index is 1330. The fraction of sp³-hybridized carbons (Fsp3) is 0.214. The van der Waals surface area contributed by atoms with E-state index in [1.165, 1.54) is 11.0 Å². The summed E-state index contributed by atoms with van der Waals surface area (Å²) >= 11 is 0. The van der Waals surface area contributed by atoms with Crippen molar-refractivity contribution in [2.45, 2.75) is 12.0 Å². The minimum atomic E-state index is -1.96. The van der Waals surface area contributed by atoms with E-state index in [1.807, 2.05) is 12.1 Å². The van der Waals surface area contributed by atoms with Crippen molar-refractivity contribution in [2.75, 3.05) is 32.0 Å². The van der Waals surface area contributed by atoms with Crippen LogP contribution < -0.4 is 23.8 Å². The van der Waals surface area contributed by atoms with Gasteiger partial charge in [-0.15, -0.1) is 0 Å². The van der Waals surface area contributed by atoms with Gasteiger partial charge in [-0.2, -0.15) is 0 Å². The molecule has 5 rings (SSSR count). The largest absolute Gasteiger partial charge is 0.493 e. The average Bonchev–Trinajstić information content (AvgIpc) is 3.45. The Labute approximate surface area is 208 Å². The Morgan fingerprint density at radius 3 is 2.64 bits per heavy atom. The standard InChI is InChI=1S/C28H25NO7/c1-33-23-8-4-5-9-24(23)34-15-14-29-22-7-3-2-6-21(22)28(32,27(29)31)17-20(30)12-10-19-11-13-25-26(16-19)36-18-35-25/h2-13,16,32H,14-15,17-18H2,1H3/b12-10-/t28-/m0/s1. The number of rotatable bonds is 9. The molecule has 0 fully saturated rings. The molecule has 0 unspecified atom stereocenters. The van der Waals surface area contributed by atoms with Gasteiger partial charge in [0, 0.05) is 5.56 Å². The molecule has 3 aromatic rings. The summed E-state index contributed by atoms with van der Waals surface area (Å²) in [5.74, 6) is 1.45. The summed E-state index contributed by atoms with van der Waals surface area (Å²) in [6.45, 7) is 0.530. The van der Waals surface area contributed by atoms with Crippen LogP contribution in [0.4, 0.5) is 5.69 Å². The number of hydrogen-bond acceptors (Lipinski definition) is 7. The molecule has 1 amide bonds. The monoisotopic (exact) mass is 487 g/mol. The molecule has 0 saturated carbocycles. The van der Waals surface area contributed by atoms with Gasteiger partial charge in [0.25, 0.3) is 5.91 Å². The van der Waals surface area contributed by atoms with E-state index in [0.717, 1.165) is 5.56 Å². The third kappa shape index (κ3) is 4.38. The van der Waals surface area contributed by atoms with Crippen molar-refractivity contribution >= 4 is 23.5 Å². The lowest BCUT2D eigenvalue weighted by molar-refractivity contribution is -0.140. The Kier molecular flexibility index (Phi) is 6.35. The fourth-order valence-electron chi connectivity index (χ4n) is 4.40. The van der Waals surface area contributed by atoms with E-state index in [1.54, 1.807) is 67.8 Å². The zero-order valence-corrected chi connectivity index (χ0v) is 19.7. The predicted octanol–water partition coefficient (Wildman–Crippen LogP) is 3.71. The van der Waals surface area contributed by atoms with E-state index in [4.69, 9.17) is 18.9 Å². The Morgan fingerprint density at radius 2 is 1.81 bits per heavy atom. The average molecular weight is 488 g/mol. The number of aliphatic hydroxyl groups is 1. The summed E-state index contributed by atoms with van der Waals surface area (Å²) in [6.07, 6.45) is 2.60. The van der Waals surface area contributed by atoms with Crippen LogP contribution in [0.25, 0.3) is 6.08 Å². The lowest BCUT2D eigenvalue weighted by Crippen LogP contribution is -2.43. The first-order valence-corrected chi connectivity index (χ1v) is 11.5. The smallest absolute Gasteiger partial charge is 0.264 e. The van der Waals surface area contributed by atoms with Gasteiger partial charge in [0.2, 0.25) is 6.79 Å². The van der Waals surface area contributed by atoms with Gasteiger partial charge in [0.05, 0.1) is 25.8 Å². The maximum Gasteiger partial charge on any atom is 0.264 e. The molecule has 36 heavy (non-hydrogen) atoms. The Hall–Kier alpha value is -4.30. The first kappa shape index (κ1) is 23.4. The van der Waals surface area contributed by atoms with Crippen LogP contribution in [0.2, 0.25) is 0 Å². The van der Waals surface area contributed by atoms with E-state index in [0.29, 0.717) is 34.2 Å². The van der Waals surface area contributed by atoms with Crippen molar-refractivity contribution < 1.29 is 33.6 Å².